The summed E-state index contributed by atoms with van der Waals surface area (Å²) in [7, 11) is 1.90. The van der Waals surface area contributed by atoms with Gasteiger partial charge in [0, 0.05) is 19.5 Å². The first-order chi connectivity index (χ1) is 7.31. The first-order valence-corrected chi connectivity index (χ1v) is 5.76. The van der Waals surface area contributed by atoms with Gasteiger partial charge in [-0.3, -0.25) is 0 Å². The molecule has 0 aliphatic heterocycles. The van der Waals surface area contributed by atoms with Gasteiger partial charge in [-0.25, -0.2) is 4.68 Å². The number of aromatic nitrogens is 4. The molecule has 0 radical (unpaired) electrons. The number of aryl methyl sites for hydroxylation is 1. The molecule has 0 aromatic carbocycles. The van der Waals surface area contributed by atoms with E-state index < -0.39 is 0 Å². The summed E-state index contributed by atoms with van der Waals surface area (Å²) < 4.78 is 1.77. The molecule has 0 bridgehead atoms. The zero-order valence-corrected chi connectivity index (χ0v) is 9.48. The van der Waals surface area contributed by atoms with E-state index in [0.29, 0.717) is 6.04 Å². The molecule has 1 saturated carbocycles. The number of nitrogens with one attached hydrogen (secondary N) is 1. The summed E-state index contributed by atoms with van der Waals surface area (Å²) >= 11 is 0. The fraction of sp³-hybridized carbons (Fsp3) is 0.900. The molecule has 1 fully saturated rings. The van der Waals surface area contributed by atoms with E-state index in [1.165, 1.54) is 19.3 Å². The molecule has 1 aliphatic rings. The Balaban J connectivity index is 1.91. The topological polar surface area (TPSA) is 55.6 Å². The van der Waals surface area contributed by atoms with Gasteiger partial charge in [0.2, 0.25) is 0 Å². The zero-order valence-electron chi connectivity index (χ0n) is 9.48. The van der Waals surface area contributed by atoms with Crippen molar-refractivity contribution >= 4 is 0 Å². The Labute approximate surface area is 90.2 Å². The van der Waals surface area contributed by atoms with Gasteiger partial charge in [0.1, 0.15) is 0 Å². The lowest BCUT2D eigenvalue weighted by molar-refractivity contribution is 0.444. The van der Waals surface area contributed by atoms with Gasteiger partial charge in [0.25, 0.3) is 0 Å². The molecule has 1 aromatic rings. The second-order valence-electron chi connectivity index (χ2n) is 4.32. The molecule has 1 N–H and O–H groups in total. The van der Waals surface area contributed by atoms with Crippen LogP contribution in [0.4, 0.5) is 0 Å². The highest BCUT2D eigenvalue weighted by molar-refractivity contribution is 4.94. The van der Waals surface area contributed by atoms with E-state index in [0.717, 1.165) is 24.7 Å². The predicted octanol–water partition coefficient (Wildman–Crippen LogP) is 0.531. The predicted molar refractivity (Wildman–Crippen MR) is 57.3 cm³/mol. The van der Waals surface area contributed by atoms with Crippen LogP contribution >= 0.6 is 0 Å². The van der Waals surface area contributed by atoms with Crippen molar-refractivity contribution in [2.24, 2.45) is 13.0 Å². The molecule has 0 saturated heterocycles. The largest absolute Gasteiger partial charge is 0.313 e. The van der Waals surface area contributed by atoms with E-state index in [4.69, 9.17) is 0 Å². The lowest BCUT2D eigenvalue weighted by Gasteiger charge is -2.16. The molecule has 2 rings (SSSR count). The SMILES string of the molecule is CCCNC(Cc1nnnn1C)C1CC1. The normalized spacial score (nSPS) is 18.0. The minimum atomic E-state index is 0.564. The Bertz CT molecular complexity index is 305. The fourth-order valence-electron chi connectivity index (χ4n) is 1.85. The van der Waals surface area contributed by atoms with E-state index in [2.05, 4.69) is 27.8 Å². The van der Waals surface area contributed by atoms with Gasteiger partial charge in [-0.1, -0.05) is 6.92 Å². The van der Waals surface area contributed by atoms with Crippen LogP contribution in [0.5, 0.6) is 0 Å². The van der Waals surface area contributed by atoms with Gasteiger partial charge in [0.15, 0.2) is 5.82 Å². The summed E-state index contributed by atoms with van der Waals surface area (Å²) in [5.74, 6) is 1.82. The molecule has 1 unspecified atom stereocenters. The van der Waals surface area contributed by atoms with Gasteiger partial charge < -0.3 is 5.32 Å². The summed E-state index contributed by atoms with van der Waals surface area (Å²) in [6, 6.07) is 0.564. The van der Waals surface area contributed by atoms with Crippen molar-refractivity contribution in [1.29, 1.82) is 0 Å². The van der Waals surface area contributed by atoms with Crippen molar-refractivity contribution in [2.75, 3.05) is 6.54 Å². The quantitative estimate of drug-likeness (QED) is 0.742. The van der Waals surface area contributed by atoms with Gasteiger partial charge in [-0.15, -0.1) is 5.10 Å². The van der Waals surface area contributed by atoms with Crippen LogP contribution in [-0.2, 0) is 13.5 Å². The van der Waals surface area contributed by atoms with Crippen molar-refractivity contribution < 1.29 is 0 Å². The molecule has 1 aliphatic carbocycles. The van der Waals surface area contributed by atoms with Crippen LogP contribution in [-0.4, -0.2) is 32.8 Å². The summed E-state index contributed by atoms with van der Waals surface area (Å²) in [4.78, 5) is 0. The molecule has 5 heteroatoms. The van der Waals surface area contributed by atoms with Crippen LogP contribution in [0.2, 0.25) is 0 Å². The highest BCUT2D eigenvalue weighted by Crippen LogP contribution is 2.33. The van der Waals surface area contributed by atoms with Crippen LogP contribution < -0.4 is 5.32 Å². The summed E-state index contributed by atoms with van der Waals surface area (Å²) in [5.41, 5.74) is 0. The average molecular weight is 209 g/mol. The minimum absolute atomic E-state index is 0.564. The third kappa shape index (κ3) is 2.75. The van der Waals surface area contributed by atoms with Crippen LogP contribution in [0.3, 0.4) is 0 Å². The Hall–Kier alpha value is -0.970. The van der Waals surface area contributed by atoms with Crippen molar-refractivity contribution in [2.45, 2.75) is 38.6 Å². The molecule has 0 amide bonds. The van der Waals surface area contributed by atoms with Crippen LogP contribution in [0.1, 0.15) is 32.0 Å². The first kappa shape index (κ1) is 10.5. The Morgan fingerprint density at radius 3 is 2.87 bits per heavy atom. The second kappa shape index (κ2) is 4.70. The number of rotatable bonds is 6. The van der Waals surface area contributed by atoms with Crippen LogP contribution in [0.15, 0.2) is 0 Å². The Kier molecular flexibility index (Phi) is 3.30. The first-order valence-electron chi connectivity index (χ1n) is 5.76. The van der Waals surface area contributed by atoms with Gasteiger partial charge >= 0.3 is 0 Å². The molecule has 0 spiro atoms. The smallest absolute Gasteiger partial charge is 0.152 e. The lowest BCUT2D eigenvalue weighted by Crippen LogP contribution is -2.34. The molecular weight excluding hydrogens is 190 g/mol. The van der Waals surface area contributed by atoms with Crippen LogP contribution in [0, 0.1) is 5.92 Å². The van der Waals surface area contributed by atoms with E-state index in [9.17, 15) is 0 Å². The number of nitrogens with zero attached hydrogens (tertiary/aromatic N) is 4. The van der Waals surface area contributed by atoms with E-state index in [1.54, 1.807) is 4.68 Å². The molecule has 1 aromatic heterocycles. The summed E-state index contributed by atoms with van der Waals surface area (Å²) in [6.07, 6.45) is 4.84. The van der Waals surface area contributed by atoms with E-state index >= 15 is 0 Å². The van der Waals surface area contributed by atoms with Gasteiger partial charge in [-0.2, -0.15) is 0 Å². The maximum absolute atomic E-state index is 4.04. The summed E-state index contributed by atoms with van der Waals surface area (Å²) in [5, 5.41) is 15.2. The molecule has 84 valence electrons. The molecule has 1 atom stereocenters. The maximum Gasteiger partial charge on any atom is 0.152 e. The van der Waals surface area contributed by atoms with Crippen molar-refractivity contribution in [3.63, 3.8) is 0 Å². The average Bonchev–Trinajstić information content (AvgIpc) is 2.99. The Morgan fingerprint density at radius 2 is 2.33 bits per heavy atom. The molecule has 5 nitrogen and oxygen atoms in total. The molecule has 1 heterocycles. The van der Waals surface area contributed by atoms with Gasteiger partial charge in [0.05, 0.1) is 0 Å². The molecule has 15 heavy (non-hydrogen) atoms. The highest BCUT2D eigenvalue weighted by Gasteiger charge is 2.31. The highest BCUT2D eigenvalue weighted by atomic mass is 15.5. The zero-order chi connectivity index (χ0) is 10.7. The summed E-state index contributed by atoms with van der Waals surface area (Å²) in [6.45, 7) is 3.29. The second-order valence-corrected chi connectivity index (χ2v) is 4.32. The third-order valence-electron chi connectivity index (χ3n) is 2.96. The Morgan fingerprint density at radius 1 is 1.53 bits per heavy atom. The number of tetrazole rings is 1. The third-order valence-corrected chi connectivity index (χ3v) is 2.96. The maximum atomic E-state index is 4.04. The fourth-order valence-corrected chi connectivity index (χ4v) is 1.85. The molecular formula is C10H19N5. The van der Waals surface area contributed by atoms with E-state index in [1.807, 2.05) is 7.05 Å². The number of hydrogen-bond donors (Lipinski definition) is 1. The van der Waals surface area contributed by atoms with Crippen molar-refractivity contribution in [3.05, 3.63) is 5.82 Å². The van der Waals surface area contributed by atoms with Gasteiger partial charge in [-0.05, 0) is 42.2 Å². The lowest BCUT2D eigenvalue weighted by atomic mass is 10.1. The minimum Gasteiger partial charge on any atom is -0.313 e. The number of hydrogen-bond acceptors (Lipinski definition) is 4. The standard InChI is InChI=1S/C10H19N5/c1-3-6-11-9(8-4-5-8)7-10-12-13-14-15(10)2/h8-9,11H,3-7H2,1-2H3. The monoisotopic (exact) mass is 209 g/mol. The van der Waals surface area contributed by atoms with Crippen LogP contribution in [0.25, 0.3) is 0 Å². The van der Waals surface area contributed by atoms with E-state index in [-0.39, 0.29) is 0 Å². The van der Waals surface area contributed by atoms with Crippen molar-refractivity contribution in [3.8, 4) is 0 Å². The van der Waals surface area contributed by atoms with Crippen molar-refractivity contribution in [1.82, 2.24) is 25.5 Å².